The molecule has 4 nitrogen and oxygen atoms in total. The number of methoxy groups -OCH3 is 1. The molecule has 0 bridgehead atoms. The molecule has 23 heavy (non-hydrogen) atoms. The molecule has 0 aromatic carbocycles. The molecule has 0 N–H and O–H groups in total. The number of hydrogen-bond acceptors (Lipinski definition) is 5. The minimum atomic E-state index is -0.220. The van der Waals surface area contributed by atoms with Crippen LogP contribution in [-0.2, 0) is 11.3 Å². The molecule has 0 unspecified atom stereocenters. The first-order chi connectivity index (χ1) is 11.2. The van der Waals surface area contributed by atoms with Crippen LogP contribution in [0.25, 0.3) is 0 Å². The van der Waals surface area contributed by atoms with Crippen molar-refractivity contribution in [2.45, 2.75) is 32.2 Å². The topological polar surface area (TPSA) is 32.8 Å². The van der Waals surface area contributed by atoms with E-state index in [1.807, 2.05) is 6.07 Å². The minimum Gasteiger partial charge on any atom is -0.465 e. The zero-order valence-electron chi connectivity index (χ0n) is 14.3. The Balaban J connectivity index is 1.46. The van der Waals surface area contributed by atoms with Crippen LogP contribution in [0.2, 0.25) is 0 Å². The number of ether oxygens (including phenoxy) is 1. The molecule has 0 spiro atoms. The molecule has 1 aromatic heterocycles. The van der Waals surface area contributed by atoms with Crippen LogP contribution >= 0.6 is 11.3 Å². The smallest absolute Gasteiger partial charge is 0.348 e. The monoisotopic (exact) mass is 336 g/mol. The van der Waals surface area contributed by atoms with Crippen molar-refractivity contribution < 1.29 is 9.53 Å². The van der Waals surface area contributed by atoms with Crippen LogP contribution in [0.3, 0.4) is 0 Å². The van der Waals surface area contributed by atoms with Crippen molar-refractivity contribution in [3.63, 3.8) is 0 Å². The van der Waals surface area contributed by atoms with Crippen molar-refractivity contribution in [1.29, 1.82) is 0 Å². The third kappa shape index (κ3) is 4.34. The van der Waals surface area contributed by atoms with E-state index in [0.29, 0.717) is 4.88 Å². The molecule has 3 rings (SSSR count). The summed E-state index contributed by atoms with van der Waals surface area (Å²) in [5.41, 5.74) is 1.24. The molecule has 0 saturated carbocycles. The second-order valence-electron chi connectivity index (χ2n) is 7.07. The number of rotatable bonds is 4. The first-order valence-electron chi connectivity index (χ1n) is 8.72. The highest BCUT2D eigenvalue weighted by molar-refractivity contribution is 7.12. The lowest BCUT2D eigenvalue weighted by atomic mass is 9.79. The lowest BCUT2D eigenvalue weighted by molar-refractivity contribution is 0.0606. The van der Waals surface area contributed by atoms with Gasteiger partial charge in [0, 0.05) is 6.54 Å². The normalized spacial score (nSPS) is 22.3. The van der Waals surface area contributed by atoms with Gasteiger partial charge in [0.25, 0.3) is 0 Å². The predicted octanol–water partition coefficient (Wildman–Crippen LogP) is 3.09. The summed E-state index contributed by atoms with van der Waals surface area (Å²) in [6, 6.07) is 1.99. The van der Waals surface area contributed by atoms with Crippen molar-refractivity contribution in [2.24, 2.45) is 11.8 Å². The predicted molar refractivity (Wildman–Crippen MR) is 93.9 cm³/mol. The van der Waals surface area contributed by atoms with Gasteiger partial charge in [0.05, 0.1) is 7.11 Å². The molecule has 0 radical (unpaired) electrons. The number of thiophene rings is 1. The van der Waals surface area contributed by atoms with E-state index in [0.717, 1.165) is 18.4 Å². The van der Waals surface area contributed by atoms with E-state index in [2.05, 4.69) is 22.2 Å². The highest BCUT2D eigenvalue weighted by atomic mass is 32.1. The number of nitrogens with zero attached hydrogens (tertiary/aromatic N) is 2. The average molecular weight is 337 g/mol. The Labute approximate surface area is 143 Å². The summed E-state index contributed by atoms with van der Waals surface area (Å²) in [5.74, 6) is 1.65. The molecule has 5 heteroatoms. The third-order valence-electron chi connectivity index (χ3n) is 5.51. The average Bonchev–Trinajstić information content (AvgIpc) is 3.04. The largest absolute Gasteiger partial charge is 0.465 e. The molecule has 2 aliphatic heterocycles. The van der Waals surface area contributed by atoms with Gasteiger partial charge in [-0.25, -0.2) is 4.79 Å². The van der Waals surface area contributed by atoms with Crippen LogP contribution in [0.1, 0.15) is 40.9 Å². The SMILES string of the molecule is COC(=O)c1cc(CN2CCC(C3CCN(C)CC3)CC2)cs1. The molecular formula is C18H28N2O2S. The van der Waals surface area contributed by atoms with Gasteiger partial charge in [-0.05, 0) is 87.8 Å². The molecule has 128 valence electrons. The van der Waals surface area contributed by atoms with E-state index in [1.165, 1.54) is 75.9 Å². The first kappa shape index (κ1) is 16.9. The van der Waals surface area contributed by atoms with Crippen LogP contribution < -0.4 is 0 Å². The fourth-order valence-corrected chi connectivity index (χ4v) is 4.83. The first-order valence-corrected chi connectivity index (χ1v) is 9.60. The lowest BCUT2D eigenvalue weighted by Gasteiger charge is -2.39. The van der Waals surface area contributed by atoms with Gasteiger partial charge in [0.2, 0.25) is 0 Å². The zero-order chi connectivity index (χ0) is 16.2. The van der Waals surface area contributed by atoms with E-state index >= 15 is 0 Å². The van der Waals surface area contributed by atoms with Crippen molar-refractivity contribution in [3.8, 4) is 0 Å². The standard InChI is InChI=1S/C18H28N2O2S/c1-19-7-3-15(4-8-19)16-5-9-20(10-6-16)12-14-11-17(23-13-14)18(21)22-2/h11,13,15-16H,3-10,12H2,1-2H3. The number of esters is 1. The molecule has 0 aliphatic carbocycles. The summed E-state index contributed by atoms with van der Waals surface area (Å²) in [4.78, 5) is 17.2. The van der Waals surface area contributed by atoms with Gasteiger partial charge in [-0.15, -0.1) is 11.3 Å². The fraction of sp³-hybridized carbons (Fsp3) is 0.722. The number of piperidine rings is 2. The Morgan fingerprint density at radius 2 is 1.78 bits per heavy atom. The highest BCUT2D eigenvalue weighted by Crippen LogP contribution is 2.32. The molecule has 2 fully saturated rings. The van der Waals surface area contributed by atoms with Crippen LogP contribution in [0, 0.1) is 11.8 Å². The molecular weight excluding hydrogens is 308 g/mol. The summed E-state index contributed by atoms with van der Waals surface area (Å²) in [7, 11) is 3.68. The van der Waals surface area contributed by atoms with Gasteiger partial charge in [0.15, 0.2) is 0 Å². The van der Waals surface area contributed by atoms with E-state index in [9.17, 15) is 4.79 Å². The lowest BCUT2D eigenvalue weighted by Crippen LogP contribution is -2.39. The van der Waals surface area contributed by atoms with Gasteiger partial charge < -0.3 is 9.64 Å². The van der Waals surface area contributed by atoms with Gasteiger partial charge in [-0.1, -0.05) is 0 Å². The van der Waals surface area contributed by atoms with Crippen molar-refractivity contribution in [1.82, 2.24) is 9.80 Å². The van der Waals surface area contributed by atoms with E-state index in [1.54, 1.807) is 0 Å². The number of carbonyl (C=O) groups is 1. The molecule has 2 aliphatic rings. The Kier molecular flexibility index (Phi) is 5.72. The Morgan fingerprint density at radius 3 is 2.39 bits per heavy atom. The van der Waals surface area contributed by atoms with Crippen LogP contribution in [-0.4, -0.2) is 56.1 Å². The Bertz CT molecular complexity index is 515. The molecule has 2 saturated heterocycles. The highest BCUT2D eigenvalue weighted by Gasteiger charge is 2.28. The second-order valence-corrected chi connectivity index (χ2v) is 7.98. The number of hydrogen-bond donors (Lipinski definition) is 0. The Hall–Kier alpha value is -0.910. The third-order valence-corrected chi connectivity index (χ3v) is 6.47. The summed E-state index contributed by atoms with van der Waals surface area (Å²) < 4.78 is 4.78. The van der Waals surface area contributed by atoms with E-state index in [4.69, 9.17) is 4.74 Å². The van der Waals surface area contributed by atoms with Crippen molar-refractivity contribution in [2.75, 3.05) is 40.3 Å². The van der Waals surface area contributed by atoms with Crippen LogP contribution in [0.15, 0.2) is 11.4 Å². The Morgan fingerprint density at radius 1 is 1.17 bits per heavy atom. The summed E-state index contributed by atoms with van der Waals surface area (Å²) >= 11 is 1.49. The molecule has 0 atom stereocenters. The summed E-state index contributed by atoms with van der Waals surface area (Å²) in [6.45, 7) is 5.90. The maximum atomic E-state index is 11.5. The summed E-state index contributed by atoms with van der Waals surface area (Å²) in [5, 5.41) is 2.09. The van der Waals surface area contributed by atoms with Crippen molar-refractivity contribution in [3.05, 3.63) is 21.9 Å². The van der Waals surface area contributed by atoms with Gasteiger partial charge in [0.1, 0.15) is 4.88 Å². The molecule has 3 heterocycles. The van der Waals surface area contributed by atoms with E-state index in [-0.39, 0.29) is 5.97 Å². The van der Waals surface area contributed by atoms with Gasteiger partial charge in [-0.3, -0.25) is 4.90 Å². The van der Waals surface area contributed by atoms with Crippen LogP contribution in [0.5, 0.6) is 0 Å². The van der Waals surface area contributed by atoms with E-state index < -0.39 is 0 Å². The number of carbonyl (C=O) groups excluding carboxylic acids is 1. The van der Waals surface area contributed by atoms with Crippen molar-refractivity contribution >= 4 is 17.3 Å². The molecule has 0 amide bonds. The summed E-state index contributed by atoms with van der Waals surface area (Å²) in [6.07, 6.45) is 5.44. The molecule has 1 aromatic rings. The number of likely N-dealkylation sites (tertiary alicyclic amines) is 2. The van der Waals surface area contributed by atoms with Crippen LogP contribution in [0.4, 0.5) is 0 Å². The maximum Gasteiger partial charge on any atom is 0.348 e. The maximum absolute atomic E-state index is 11.5. The second kappa shape index (κ2) is 7.77. The quantitative estimate of drug-likeness (QED) is 0.791. The minimum absolute atomic E-state index is 0.220. The zero-order valence-corrected chi connectivity index (χ0v) is 15.1. The van der Waals surface area contributed by atoms with Gasteiger partial charge >= 0.3 is 5.97 Å². The van der Waals surface area contributed by atoms with Gasteiger partial charge in [-0.2, -0.15) is 0 Å². The fourth-order valence-electron chi connectivity index (χ4n) is 4.01.